The molecule has 7 heteroatoms. The van der Waals surface area contributed by atoms with Crippen LogP contribution in [0.15, 0.2) is 36.7 Å². The van der Waals surface area contributed by atoms with E-state index in [-0.39, 0.29) is 5.91 Å². The van der Waals surface area contributed by atoms with Crippen LogP contribution in [0, 0.1) is 0 Å². The molecule has 1 aliphatic heterocycles. The molecule has 1 fully saturated rings. The molecule has 0 bridgehead atoms. The molecule has 1 saturated heterocycles. The third-order valence-corrected chi connectivity index (χ3v) is 5.64. The van der Waals surface area contributed by atoms with Crippen LogP contribution in [0.25, 0.3) is 0 Å². The normalized spacial score (nSPS) is 15.7. The highest BCUT2D eigenvalue weighted by atomic mass is 33.1. The van der Waals surface area contributed by atoms with E-state index in [2.05, 4.69) is 10.3 Å². The number of benzene rings is 1. The molecule has 2 heterocycles. The molecule has 1 amide bonds. The van der Waals surface area contributed by atoms with Gasteiger partial charge in [0.15, 0.2) is 0 Å². The molecular weight excluding hydrogens is 304 g/mol. The lowest BCUT2D eigenvalue weighted by Crippen LogP contribution is -2.33. The number of carbonyl (C=O) groups is 1. The van der Waals surface area contributed by atoms with Gasteiger partial charge < -0.3 is 4.90 Å². The van der Waals surface area contributed by atoms with Crippen LogP contribution in [0.2, 0.25) is 0 Å². The Morgan fingerprint density at radius 2 is 1.86 bits per heavy atom. The monoisotopic (exact) mass is 320 g/mol. The van der Waals surface area contributed by atoms with Crippen molar-refractivity contribution < 1.29 is 4.79 Å². The van der Waals surface area contributed by atoms with Gasteiger partial charge in [-0.15, -0.1) is 5.10 Å². The minimum absolute atomic E-state index is 0.130. The maximum atomic E-state index is 12.5. The van der Waals surface area contributed by atoms with Crippen molar-refractivity contribution >= 4 is 27.5 Å². The van der Waals surface area contributed by atoms with Gasteiger partial charge >= 0.3 is 0 Å². The molecule has 3 rings (SSSR count). The van der Waals surface area contributed by atoms with Crippen molar-refractivity contribution in [1.82, 2.24) is 19.9 Å². The lowest BCUT2D eigenvalue weighted by molar-refractivity contribution is 0.0776. The first-order valence-electron chi connectivity index (χ1n) is 6.80. The molecule has 0 radical (unpaired) electrons. The van der Waals surface area contributed by atoms with Gasteiger partial charge in [-0.2, -0.15) is 0 Å². The number of hydrogen-bond acceptors (Lipinski definition) is 5. The maximum absolute atomic E-state index is 12.5. The molecule has 0 saturated carbocycles. The lowest BCUT2D eigenvalue weighted by Gasteiger charge is -2.19. The zero-order valence-electron chi connectivity index (χ0n) is 11.5. The van der Waals surface area contributed by atoms with Crippen molar-refractivity contribution in [3.8, 4) is 0 Å². The van der Waals surface area contributed by atoms with Gasteiger partial charge in [0, 0.05) is 36.4 Å². The molecule has 1 aromatic carbocycles. The van der Waals surface area contributed by atoms with E-state index in [1.54, 1.807) is 10.9 Å². The molecule has 0 unspecified atom stereocenters. The summed E-state index contributed by atoms with van der Waals surface area (Å²) in [6, 6.07) is 7.77. The van der Waals surface area contributed by atoms with E-state index in [4.69, 9.17) is 0 Å². The Labute approximate surface area is 131 Å². The Kier molecular flexibility index (Phi) is 4.82. The molecule has 1 aliphatic rings. The summed E-state index contributed by atoms with van der Waals surface area (Å²) < 4.78 is 1.76. The minimum atomic E-state index is 0.130. The smallest absolute Gasteiger partial charge is 0.253 e. The molecular formula is C14H16N4OS2. The summed E-state index contributed by atoms with van der Waals surface area (Å²) in [5.41, 5.74) is 1.87. The molecule has 110 valence electrons. The highest BCUT2D eigenvalue weighted by molar-refractivity contribution is 8.76. The Morgan fingerprint density at radius 1 is 1.14 bits per heavy atom. The highest BCUT2D eigenvalue weighted by Crippen LogP contribution is 2.24. The van der Waals surface area contributed by atoms with E-state index < -0.39 is 0 Å². The second-order valence-electron chi connectivity index (χ2n) is 4.73. The van der Waals surface area contributed by atoms with E-state index >= 15 is 0 Å². The van der Waals surface area contributed by atoms with Crippen LogP contribution in [-0.4, -0.2) is 50.4 Å². The number of carbonyl (C=O) groups excluding carboxylic acids is 1. The minimum Gasteiger partial charge on any atom is -0.337 e. The van der Waals surface area contributed by atoms with Crippen LogP contribution in [0.4, 0.5) is 0 Å². The molecule has 21 heavy (non-hydrogen) atoms. The molecule has 0 aliphatic carbocycles. The van der Waals surface area contributed by atoms with Crippen LogP contribution in [0.5, 0.6) is 0 Å². The second kappa shape index (κ2) is 7.00. The van der Waals surface area contributed by atoms with Crippen LogP contribution >= 0.6 is 21.6 Å². The fourth-order valence-electron chi connectivity index (χ4n) is 2.17. The summed E-state index contributed by atoms with van der Waals surface area (Å²) in [7, 11) is 3.69. The fraction of sp³-hybridized carbons (Fsp3) is 0.357. The van der Waals surface area contributed by atoms with Crippen molar-refractivity contribution in [1.29, 1.82) is 0 Å². The first kappa shape index (κ1) is 14.5. The van der Waals surface area contributed by atoms with Gasteiger partial charge in [0.1, 0.15) is 0 Å². The first-order chi connectivity index (χ1) is 10.3. The third-order valence-electron chi connectivity index (χ3n) is 3.28. The average Bonchev–Trinajstić information content (AvgIpc) is 2.87. The lowest BCUT2D eigenvalue weighted by atomic mass is 10.1. The van der Waals surface area contributed by atoms with Crippen molar-refractivity contribution in [3.05, 3.63) is 47.8 Å². The second-order valence-corrected chi connectivity index (χ2v) is 7.44. The number of aromatic nitrogens is 3. The SMILES string of the molecule is O=C(c1ccc(Cn2ccnn2)cc1)N1CCSSCC1. The van der Waals surface area contributed by atoms with Gasteiger partial charge in [-0.25, -0.2) is 4.68 Å². The zero-order valence-corrected chi connectivity index (χ0v) is 13.1. The molecule has 5 nitrogen and oxygen atoms in total. The van der Waals surface area contributed by atoms with Crippen LogP contribution in [0.3, 0.4) is 0 Å². The summed E-state index contributed by atoms with van der Waals surface area (Å²) >= 11 is 0. The number of nitrogens with zero attached hydrogens (tertiary/aromatic N) is 4. The van der Waals surface area contributed by atoms with Gasteiger partial charge in [0.05, 0.1) is 12.7 Å². The number of rotatable bonds is 3. The van der Waals surface area contributed by atoms with E-state index in [0.29, 0.717) is 6.54 Å². The van der Waals surface area contributed by atoms with Gasteiger partial charge in [0.25, 0.3) is 5.91 Å². The van der Waals surface area contributed by atoms with Crippen LogP contribution in [-0.2, 0) is 6.54 Å². The largest absolute Gasteiger partial charge is 0.337 e. The maximum Gasteiger partial charge on any atom is 0.253 e. The van der Waals surface area contributed by atoms with E-state index in [1.165, 1.54) is 0 Å². The fourth-order valence-corrected chi connectivity index (χ4v) is 4.15. The summed E-state index contributed by atoms with van der Waals surface area (Å²) in [6.45, 7) is 2.33. The zero-order chi connectivity index (χ0) is 14.5. The summed E-state index contributed by atoms with van der Waals surface area (Å²) in [6.07, 6.45) is 3.49. The Balaban J connectivity index is 1.66. The first-order valence-corrected chi connectivity index (χ1v) is 9.28. The quantitative estimate of drug-likeness (QED) is 0.811. The highest BCUT2D eigenvalue weighted by Gasteiger charge is 2.17. The van der Waals surface area contributed by atoms with Crippen molar-refractivity contribution in [2.24, 2.45) is 0 Å². The molecule has 0 N–H and O–H groups in total. The Bertz CT molecular complexity index is 578. The van der Waals surface area contributed by atoms with E-state index in [1.807, 2.05) is 57.0 Å². The van der Waals surface area contributed by atoms with Crippen LogP contribution in [0.1, 0.15) is 15.9 Å². The molecule has 0 spiro atoms. The van der Waals surface area contributed by atoms with E-state index in [0.717, 1.165) is 35.7 Å². The summed E-state index contributed by atoms with van der Waals surface area (Å²) in [5.74, 6) is 2.13. The number of hydrogen-bond donors (Lipinski definition) is 0. The van der Waals surface area contributed by atoms with E-state index in [9.17, 15) is 4.79 Å². The van der Waals surface area contributed by atoms with Gasteiger partial charge in [-0.3, -0.25) is 4.79 Å². The van der Waals surface area contributed by atoms with Gasteiger partial charge in [0.2, 0.25) is 0 Å². The summed E-state index contributed by atoms with van der Waals surface area (Å²) in [5, 5.41) is 7.72. The summed E-state index contributed by atoms with van der Waals surface area (Å²) in [4.78, 5) is 14.4. The van der Waals surface area contributed by atoms with Gasteiger partial charge in [-0.1, -0.05) is 38.9 Å². The molecule has 1 aromatic heterocycles. The molecule has 2 aromatic rings. The Morgan fingerprint density at radius 3 is 2.48 bits per heavy atom. The predicted molar refractivity (Wildman–Crippen MR) is 86.4 cm³/mol. The molecule has 0 atom stereocenters. The van der Waals surface area contributed by atoms with Crippen molar-refractivity contribution in [2.45, 2.75) is 6.54 Å². The topological polar surface area (TPSA) is 51.0 Å². The average molecular weight is 320 g/mol. The predicted octanol–water partition coefficient (Wildman–Crippen LogP) is 2.16. The van der Waals surface area contributed by atoms with Crippen LogP contribution < -0.4 is 0 Å². The Hall–Kier alpha value is -1.47. The van der Waals surface area contributed by atoms with Crippen molar-refractivity contribution in [3.63, 3.8) is 0 Å². The van der Waals surface area contributed by atoms with Gasteiger partial charge in [-0.05, 0) is 17.7 Å². The number of amides is 1. The third kappa shape index (κ3) is 3.79. The standard InChI is InChI=1S/C14H16N4OS2/c19-14(17-7-9-20-21-10-8-17)13-3-1-12(2-4-13)11-18-6-5-15-16-18/h1-6H,7-11H2. The van der Waals surface area contributed by atoms with Crippen molar-refractivity contribution in [2.75, 3.05) is 24.6 Å².